The second-order valence-electron chi connectivity index (χ2n) is 2.23. The van der Waals surface area contributed by atoms with Gasteiger partial charge in [-0.2, -0.15) is 0 Å². The summed E-state index contributed by atoms with van der Waals surface area (Å²) in [4.78, 5) is 2.08. The fourth-order valence-electron chi connectivity index (χ4n) is 0.726. The van der Waals surface area contributed by atoms with Gasteiger partial charge in [0.05, 0.1) is 0 Å². The quantitative estimate of drug-likeness (QED) is 0.652. The van der Waals surface area contributed by atoms with E-state index in [9.17, 15) is 0 Å². The van der Waals surface area contributed by atoms with E-state index in [1.165, 1.54) is 5.69 Å². The van der Waals surface area contributed by atoms with E-state index in [1.54, 1.807) is 0 Å². The van der Waals surface area contributed by atoms with Crippen molar-refractivity contribution in [1.82, 2.24) is 12.3 Å². The second-order valence-corrected chi connectivity index (χ2v) is 2.23. The zero-order chi connectivity index (χ0) is 6.69. The Morgan fingerprint density at radius 3 is 1.64 bits per heavy atom. The Morgan fingerprint density at radius 1 is 0.909 bits per heavy atom. The van der Waals surface area contributed by atoms with Crippen LogP contribution >= 0.6 is 0 Å². The molecule has 0 amide bonds. The topological polar surface area (TPSA) is 73.2 Å². The fourth-order valence-corrected chi connectivity index (χ4v) is 0.726. The maximum Gasteiger partial charge on any atom is 0.0360 e. The number of hydrogen-bond donors (Lipinski definition) is 2. The third kappa shape index (κ3) is 3.60. The molecule has 0 aromatic heterocycles. The zero-order valence-electron chi connectivity index (χ0n) is 7.25. The number of hydrogen-bond acceptors (Lipinski definition) is 3. The molecule has 1 rings (SSSR count). The van der Waals surface area contributed by atoms with E-state index < -0.39 is 0 Å². The lowest BCUT2D eigenvalue weighted by atomic mass is 10.3. The molecule has 3 heteroatoms. The van der Waals surface area contributed by atoms with Gasteiger partial charge in [-0.15, -0.1) is 0 Å². The van der Waals surface area contributed by atoms with Gasteiger partial charge >= 0.3 is 0 Å². The van der Waals surface area contributed by atoms with Crippen LogP contribution in [-0.2, 0) is 0 Å². The minimum absolute atomic E-state index is 0. The monoisotopic (exact) mass is 155 g/mol. The minimum Gasteiger partial charge on any atom is -0.378 e. The Kier molecular flexibility index (Phi) is 6.53. The van der Waals surface area contributed by atoms with Gasteiger partial charge in [-0.1, -0.05) is 18.2 Å². The largest absolute Gasteiger partial charge is 0.378 e. The van der Waals surface area contributed by atoms with Crippen LogP contribution in [0.1, 0.15) is 0 Å². The van der Waals surface area contributed by atoms with Crippen molar-refractivity contribution >= 4 is 5.69 Å². The normalized spacial score (nSPS) is 7.45. The Morgan fingerprint density at radius 2 is 1.36 bits per heavy atom. The maximum absolute atomic E-state index is 2.08. The van der Waals surface area contributed by atoms with Crippen LogP contribution in [0.15, 0.2) is 30.3 Å². The minimum atomic E-state index is 0. The molecule has 0 radical (unpaired) electrons. The highest BCUT2D eigenvalue weighted by molar-refractivity contribution is 5.43. The van der Waals surface area contributed by atoms with Gasteiger partial charge in [0, 0.05) is 19.8 Å². The highest BCUT2D eigenvalue weighted by Gasteiger charge is 1.87. The third-order valence-corrected chi connectivity index (χ3v) is 1.27. The first-order valence-corrected chi connectivity index (χ1v) is 3.03. The van der Waals surface area contributed by atoms with E-state index in [-0.39, 0.29) is 12.3 Å². The summed E-state index contributed by atoms with van der Waals surface area (Å²) >= 11 is 0. The molecule has 0 fully saturated rings. The lowest BCUT2D eigenvalue weighted by molar-refractivity contribution is 1.13. The van der Waals surface area contributed by atoms with E-state index in [1.807, 2.05) is 32.3 Å². The van der Waals surface area contributed by atoms with Crippen LogP contribution < -0.4 is 17.2 Å². The lowest BCUT2D eigenvalue weighted by Crippen LogP contribution is -2.07. The van der Waals surface area contributed by atoms with Gasteiger partial charge < -0.3 is 17.2 Å². The third-order valence-electron chi connectivity index (χ3n) is 1.27. The number of benzene rings is 1. The van der Waals surface area contributed by atoms with Crippen molar-refractivity contribution in [3.8, 4) is 0 Å². The van der Waals surface area contributed by atoms with Crippen LogP contribution in [0.25, 0.3) is 0 Å². The smallest absolute Gasteiger partial charge is 0.0360 e. The first-order valence-electron chi connectivity index (χ1n) is 3.03. The number of anilines is 1. The predicted octanol–water partition coefficient (Wildman–Crippen LogP) is 2.08. The summed E-state index contributed by atoms with van der Waals surface area (Å²) in [5.41, 5.74) is 1.25. The average Bonchev–Trinajstić information content (AvgIpc) is 1.90. The molecule has 64 valence electrons. The van der Waals surface area contributed by atoms with Gasteiger partial charge in [0.15, 0.2) is 0 Å². The number of para-hydroxylation sites is 1. The summed E-state index contributed by atoms with van der Waals surface area (Å²) < 4.78 is 0. The zero-order valence-corrected chi connectivity index (χ0v) is 7.25. The van der Waals surface area contributed by atoms with Gasteiger partial charge in [0.1, 0.15) is 0 Å². The van der Waals surface area contributed by atoms with Gasteiger partial charge in [0.2, 0.25) is 0 Å². The van der Waals surface area contributed by atoms with Crippen LogP contribution in [0.4, 0.5) is 5.69 Å². The first-order chi connectivity index (χ1) is 4.30. The van der Waals surface area contributed by atoms with Crippen molar-refractivity contribution in [2.45, 2.75) is 0 Å². The molecule has 1 aromatic rings. The summed E-state index contributed by atoms with van der Waals surface area (Å²) in [6.45, 7) is 0. The molecular formula is C8H17N3. The van der Waals surface area contributed by atoms with E-state index in [0.29, 0.717) is 0 Å². The molecule has 0 unspecified atom stereocenters. The van der Waals surface area contributed by atoms with Crippen LogP contribution in [-0.4, -0.2) is 14.1 Å². The van der Waals surface area contributed by atoms with Gasteiger partial charge in [0.25, 0.3) is 0 Å². The summed E-state index contributed by atoms with van der Waals surface area (Å²) in [5.74, 6) is 0. The highest BCUT2D eigenvalue weighted by Crippen LogP contribution is 2.07. The van der Waals surface area contributed by atoms with Crippen molar-refractivity contribution < 1.29 is 0 Å². The SMILES string of the molecule is CN(C)c1ccccc1.N.N. The Balaban J connectivity index is 0. The molecule has 6 N–H and O–H groups in total. The molecule has 3 nitrogen and oxygen atoms in total. The molecule has 0 atom stereocenters. The second kappa shape index (κ2) is 5.70. The Labute approximate surface area is 68.2 Å². The predicted molar refractivity (Wildman–Crippen MR) is 50.8 cm³/mol. The standard InChI is InChI=1S/C8H11N.2H3N/c1-9(2)8-6-4-3-5-7-8;;/h3-7H,1-2H3;2*1H3. The first kappa shape index (κ1) is 12.6. The van der Waals surface area contributed by atoms with Gasteiger partial charge in [-0.25, -0.2) is 0 Å². The van der Waals surface area contributed by atoms with E-state index in [4.69, 9.17) is 0 Å². The number of nitrogens with zero attached hydrogens (tertiary/aromatic N) is 1. The van der Waals surface area contributed by atoms with E-state index in [2.05, 4.69) is 17.0 Å². The van der Waals surface area contributed by atoms with Crippen LogP contribution in [0.3, 0.4) is 0 Å². The summed E-state index contributed by atoms with van der Waals surface area (Å²) in [6, 6.07) is 10.3. The van der Waals surface area contributed by atoms with E-state index in [0.717, 1.165) is 0 Å². The average molecular weight is 155 g/mol. The lowest BCUT2D eigenvalue weighted by Gasteiger charge is -2.10. The molecule has 0 spiro atoms. The summed E-state index contributed by atoms with van der Waals surface area (Å²) in [6.07, 6.45) is 0. The molecule has 0 aliphatic carbocycles. The molecule has 0 bridgehead atoms. The molecular weight excluding hydrogens is 138 g/mol. The Hall–Kier alpha value is -1.06. The van der Waals surface area contributed by atoms with Crippen LogP contribution in [0, 0.1) is 0 Å². The van der Waals surface area contributed by atoms with Crippen molar-refractivity contribution in [3.63, 3.8) is 0 Å². The molecule has 0 saturated carbocycles. The number of rotatable bonds is 1. The van der Waals surface area contributed by atoms with Gasteiger partial charge in [-0.3, -0.25) is 0 Å². The molecule has 0 heterocycles. The van der Waals surface area contributed by atoms with Gasteiger partial charge in [-0.05, 0) is 12.1 Å². The highest BCUT2D eigenvalue weighted by atomic mass is 15.1. The Bertz CT molecular complexity index is 172. The molecule has 0 aliphatic heterocycles. The van der Waals surface area contributed by atoms with Crippen LogP contribution in [0.2, 0.25) is 0 Å². The summed E-state index contributed by atoms with van der Waals surface area (Å²) in [5, 5.41) is 0. The molecule has 1 aromatic carbocycles. The molecule has 11 heavy (non-hydrogen) atoms. The van der Waals surface area contributed by atoms with Crippen molar-refractivity contribution in [3.05, 3.63) is 30.3 Å². The van der Waals surface area contributed by atoms with E-state index >= 15 is 0 Å². The maximum atomic E-state index is 2.08. The fraction of sp³-hybridized carbons (Fsp3) is 0.250. The van der Waals surface area contributed by atoms with Crippen molar-refractivity contribution in [2.24, 2.45) is 0 Å². The van der Waals surface area contributed by atoms with Crippen molar-refractivity contribution in [2.75, 3.05) is 19.0 Å². The van der Waals surface area contributed by atoms with Crippen LogP contribution in [0.5, 0.6) is 0 Å². The summed E-state index contributed by atoms with van der Waals surface area (Å²) in [7, 11) is 4.07. The van der Waals surface area contributed by atoms with Crippen molar-refractivity contribution in [1.29, 1.82) is 0 Å². The molecule has 0 saturated heterocycles. The molecule has 0 aliphatic rings.